The molecule has 4 unspecified atom stereocenters. The number of aliphatic hydroxyl groups excluding tert-OH is 1. The zero-order valence-electron chi connectivity index (χ0n) is 22.4. The molecule has 14 heteroatoms. The molecule has 0 aromatic rings. The van der Waals surface area contributed by atoms with E-state index in [0.29, 0.717) is 38.8 Å². The molecule has 1 fully saturated rings. The van der Waals surface area contributed by atoms with Crippen LogP contribution in [0.15, 0.2) is 0 Å². The van der Waals surface area contributed by atoms with Crippen molar-refractivity contribution in [1.29, 1.82) is 0 Å². The van der Waals surface area contributed by atoms with E-state index in [9.17, 15) is 33.9 Å². The van der Waals surface area contributed by atoms with Gasteiger partial charge in [0.15, 0.2) is 0 Å². The van der Waals surface area contributed by atoms with Gasteiger partial charge in [-0.3, -0.25) is 33.7 Å². The average molecular weight is 559 g/mol. The van der Waals surface area contributed by atoms with E-state index in [1.165, 1.54) is 6.92 Å². The second-order valence-electron chi connectivity index (χ2n) is 9.07. The normalized spacial score (nSPS) is 17.5. The van der Waals surface area contributed by atoms with Gasteiger partial charge in [0.25, 0.3) is 0 Å². The van der Waals surface area contributed by atoms with Gasteiger partial charge in [0, 0.05) is 51.6 Å². The second-order valence-corrected chi connectivity index (χ2v) is 10.3. The highest BCUT2D eigenvalue weighted by molar-refractivity contribution is 8.00. The fraction of sp³-hybridized carbons (Fsp3) is 0.750. The smallest absolute Gasteiger partial charge is 0.242 e. The van der Waals surface area contributed by atoms with Crippen LogP contribution in [0.4, 0.5) is 0 Å². The first-order valence-electron chi connectivity index (χ1n) is 13.0. The Hall–Kier alpha value is -2.71. The van der Waals surface area contributed by atoms with Gasteiger partial charge in [-0.1, -0.05) is 13.8 Å². The number of likely N-dealkylation sites (tertiary alicyclic amines) is 1. The van der Waals surface area contributed by atoms with E-state index in [-0.39, 0.29) is 42.9 Å². The van der Waals surface area contributed by atoms with Gasteiger partial charge in [0.1, 0.15) is 12.3 Å². The zero-order valence-corrected chi connectivity index (χ0v) is 23.2. The first-order chi connectivity index (χ1) is 18.0. The van der Waals surface area contributed by atoms with E-state index in [2.05, 4.69) is 21.3 Å². The summed E-state index contributed by atoms with van der Waals surface area (Å²) < 4.78 is 0. The number of rotatable bonds is 18. The zero-order chi connectivity index (χ0) is 28.7. The Morgan fingerprint density at radius 3 is 2.37 bits per heavy atom. The van der Waals surface area contributed by atoms with Crippen molar-refractivity contribution in [3.05, 3.63) is 0 Å². The lowest BCUT2D eigenvalue weighted by Gasteiger charge is -2.25. The lowest BCUT2D eigenvalue weighted by molar-refractivity contribution is -0.138. The molecule has 38 heavy (non-hydrogen) atoms. The van der Waals surface area contributed by atoms with Crippen LogP contribution in [0.25, 0.3) is 0 Å². The van der Waals surface area contributed by atoms with E-state index in [1.54, 1.807) is 6.92 Å². The van der Waals surface area contributed by atoms with E-state index in [0.717, 1.165) is 23.1 Å². The molecular weight excluding hydrogens is 516 g/mol. The van der Waals surface area contributed by atoms with Crippen molar-refractivity contribution in [2.45, 2.75) is 89.3 Å². The van der Waals surface area contributed by atoms with Crippen molar-refractivity contribution < 1.29 is 33.9 Å². The number of hydrogen-bond donors (Lipinski definition) is 6. The molecule has 6 amide bonds. The number of carbonyl (C=O) groups is 6. The molecule has 7 N–H and O–H groups in total. The molecule has 0 aromatic heterocycles. The van der Waals surface area contributed by atoms with Crippen LogP contribution in [0.3, 0.4) is 0 Å². The lowest BCUT2D eigenvalue weighted by atomic mass is 10.1. The van der Waals surface area contributed by atoms with Crippen molar-refractivity contribution in [2.75, 3.05) is 25.4 Å². The molecule has 0 radical (unpaired) electrons. The number of amides is 6. The minimum absolute atomic E-state index is 0.00945. The highest BCUT2D eigenvalue weighted by atomic mass is 32.2. The summed E-state index contributed by atoms with van der Waals surface area (Å²) in [5, 5.41) is 20.0. The Morgan fingerprint density at radius 1 is 1.08 bits per heavy atom. The third kappa shape index (κ3) is 12.2. The van der Waals surface area contributed by atoms with Gasteiger partial charge in [-0.2, -0.15) is 0 Å². The maximum atomic E-state index is 12.9. The Bertz CT molecular complexity index is 841. The topological polar surface area (TPSA) is 200 Å². The number of unbranched alkanes of at least 4 members (excludes halogenated alkanes) is 1. The number of carbonyl (C=O) groups excluding carboxylic acids is 6. The number of hydrogen-bond acceptors (Lipinski definition) is 9. The third-order valence-corrected chi connectivity index (χ3v) is 7.13. The summed E-state index contributed by atoms with van der Waals surface area (Å²) in [6.45, 7) is 5.92. The van der Waals surface area contributed by atoms with Gasteiger partial charge in [-0.25, -0.2) is 0 Å². The van der Waals surface area contributed by atoms with E-state index < -0.39 is 41.3 Å². The molecule has 0 bridgehead atoms. The third-order valence-electron chi connectivity index (χ3n) is 5.81. The maximum absolute atomic E-state index is 12.9. The Labute approximate surface area is 227 Å². The van der Waals surface area contributed by atoms with Gasteiger partial charge >= 0.3 is 0 Å². The molecule has 13 nitrogen and oxygen atoms in total. The van der Waals surface area contributed by atoms with E-state index >= 15 is 0 Å². The molecule has 0 saturated carbocycles. The highest BCUT2D eigenvalue weighted by Gasteiger charge is 2.39. The Morgan fingerprint density at radius 2 is 1.76 bits per heavy atom. The molecule has 1 aliphatic rings. The van der Waals surface area contributed by atoms with Gasteiger partial charge in [-0.05, 0) is 25.7 Å². The summed E-state index contributed by atoms with van der Waals surface area (Å²) in [5.74, 6) is -2.01. The number of imide groups is 1. The Balaban J connectivity index is 2.63. The van der Waals surface area contributed by atoms with Crippen LogP contribution in [-0.2, 0) is 28.8 Å². The summed E-state index contributed by atoms with van der Waals surface area (Å²) in [6.07, 6.45) is 1.16. The van der Waals surface area contributed by atoms with Crippen LogP contribution in [0.1, 0.15) is 65.7 Å². The second kappa shape index (κ2) is 17.7. The standard InChI is InChI=1S/C24H42N6O7S/c1-4-10-26-20(33)9-12-30-21(34)13-18(24(30)37)38-14-17(22(25)35)29-23(36)16(28-15(3)31)8-6-7-11-27-19(32)5-2/h16-18,22,35H,4-14,25H2,1-3H3,(H,26,33)(H,27,32)(H,28,31)(H,29,36). The molecule has 216 valence electrons. The molecule has 1 rings (SSSR count). The minimum atomic E-state index is -1.45. The fourth-order valence-electron chi connectivity index (χ4n) is 3.65. The molecule has 0 aliphatic carbocycles. The molecule has 4 atom stereocenters. The van der Waals surface area contributed by atoms with Gasteiger partial charge in [0.05, 0.1) is 11.3 Å². The summed E-state index contributed by atoms with van der Waals surface area (Å²) >= 11 is 1.09. The Kier molecular flexibility index (Phi) is 15.5. The fourth-order valence-corrected chi connectivity index (χ4v) is 4.90. The summed E-state index contributed by atoms with van der Waals surface area (Å²) in [4.78, 5) is 73.7. The molecule has 0 spiro atoms. The van der Waals surface area contributed by atoms with Gasteiger partial charge in [0.2, 0.25) is 35.4 Å². The van der Waals surface area contributed by atoms with Crippen LogP contribution < -0.4 is 27.0 Å². The van der Waals surface area contributed by atoms with Gasteiger partial charge < -0.3 is 32.1 Å². The van der Waals surface area contributed by atoms with Crippen LogP contribution in [0, 0.1) is 0 Å². The van der Waals surface area contributed by atoms with Crippen molar-refractivity contribution in [3.8, 4) is 0 Å². The van der Waals surface area contributed by atoms with Crippen molar-refractivity contribution in [1.82, 2.24) is 26.2 Å². The van der Waals surface area contributed by atoms with Crippen molar-refractivity contribution in [3.63, 3.8) is 0 Å². The molecular formula is C24H42N6O7S. The molecule has 1 saturated heterocycles. The maximum Gasteiger partial charge on any atom is 0.242 e. The van der Waals surface area contributed by atoms with E-state index in [4.69, 9.17) is 5.73 Å². The van der Waals surface area contributed by atoms with Gasteiger partial charge in [-0.15, -0.1) is 11.8 Å². The van der Waals surface area contributed by atoms with Crippen LogP contribution >= 0.6 is 11.8 Å². The summed E-state index contributed by atoms with van der Waals surface area (Å²) in [7, 11) is 0. The van der Waals surface area contributed by atoms with Crippen molar-refractivity contribution in [2.24, 2.45) is 5.73 Å². The summed E-state index contributed by atoms with van der Waals surface area (Å²) in [5.41, 5.74) is 5.66. The average Bonchev–Trinajstić information content (AvgIpc) is 3.13. The predicted molar refractivity (Wildman–Crippen MR) is 142 cm³/mol. The number of nitrogens with two attached hydrogens (primary N) is 1. The molecule has 1 aliphatic heterocycles. The number of thioether (sulfide) groups is 1. The minimum Gasteiger partial charge on any atom is -0.377 e. The largest absolute Gasteiger partial charge is 0.377 e. The number of aliphatic hydroxyl groups is 1. The predicted octanol–water partition coefficient (Wildman–Crippen LogP) is -1.27. The monoisotopic (exact) mass is 558 g/mol. The van der Waals surface area contributed by atoms with E-state index in [1.807, 2.05) is 6.92 Å². The van der Waals surface area contributed by atoms with Crippen LogP contribution in [-0.4, -0.2) is 94.4 Å². The number of nitrogens with zero attached hydrogens (tertiary/aromatic N) is 1. The molecule has 0 aromatic carbocycles. The van der Waals surface area contributed by atoms with Crippen LogP contribution in [0.2, 0.25) is 0 Å². The number of nitrogens with one attached hydrogen (secondary N) is 4. The SMILES string of the molecule is CCCNC(=O)CCN1C(=O)CC(SCC(NC(=O)C(CCCCNC(=O)CC)NC(C)=O)C(N)O)C1=O. The summed E-state index contributed by atoms with van der Waals surface area (Å²) in [6, 6.07) is -1.81. The quantitative estimate of drug-likeness (QED) is 0.0674. The highest BCUT2D eigenvalue weighted by Crippen LogP contribution is 2.26. The first-order valence-corrected chi connectivity index (χ1v) is 14.0. The van der Waals surface area contributed by atoms with Crippen molar-refractivity contribution >= 4 is 47.2 Å². The first kappa shape index (κ1) is 33.3. The molecule has 1 heterocycles. The lowest BCUT2D eigenvalue weighted by Crippen LogP contribution is -2.55. The van der Waals surface area contributed by atoms with Crippen LogP contribution in [0.5, 0.6) is 0 Å².